The van der Waals surface area contributed by atoms with Gasteiger partial charge >= 0.3 is 23.9 Å². The zero-order valence-electron chi connectivity index (χ0n) is 32.2. The van der Waals surface area contributed by atoms with Crippen molar-refractivity contribution >= 4 is 35.7 Å². The summed E-state index contributed by atoms with van der Waals surface area (Å²) in [4.78, 5) is 76.6. The van der Waals surface area contributed by atoms with Crippen molar-refractivity contribution in [1.82, 2.24) is 9.80 Å². The molecule has 54 heavy (non-hydrogen) atoms. The van der Waals surface area contributed by atoms with Gasteiger partial charge in [-0.15, -0.1) is 0 Å². The summed E-state index contributed by atoms with van der Waals surface area (Å²) < 4.78 is 22.1. The quantitative estimate of drug-likeness (QED) is 0.104. The molecule has 0 aromatic rings. The molecule has 0 aliphatic heterocycles. The minimum absolute atomic E-state index is 0.0730. The van der Waals surface area contributed by atoms with Crippen LogP contribution < -0.4 is 0 Å². The lowest BCUT2D eigenvalue weighted by molar-refractivity contribution is -0.148. The first kappa shape index (κ1) is 40.0. The number of fused-ring (bicyclic) bond motifs is 10. The second kappa shape index (κ2) is 17.8. The summed E-state index contributed by atoms with van der Waals surface area (Å²) >= 11 is 0. The standard InChI is InChI=1S/C42H60N2O10/c1-5-39(47)51-21-27-13-33-29-17-31(35(19-29)37(33)15-27)23-53-41(49)7-9-43(25(3)45)11-12-44(26(4)46)10-8-42(50)54-24-32-18-30-20-36(32)38-16-28(14-34(30)38)22-52-40(48)6-2/h5-6,27-38H,1-2,7-24H2,3-4H3. The molecule has 0 saturated heterocycles. The number of rotatable bonds is 19. The molecule has 298 valence electrons. The van der Waals surface area contributed by atoms with Gasteiger partial charge in [0.2, 0.25) is 11.8 Å². The van der Waals surface area contributed by atoms with Gasteiger partial charge in [-0.3, -0.25) is 19.2 Å². The molecule has 6 aliphatic carbocycles. The average Bonchev–Trinajstić information content (AvgIpc) is 4.00. The van der Waals surface area contributed by atoms with Crippen molar-refractivity contribution in [3.63, 3.8) is 0 Å². The molecule has 12 unspecified atom stereocenters. The van der Waals surface area contributed by atoms with Crippen LogP contribution in [0.5, 0.6) is 0 Å². The zero-order valence-corrected chi connectivity index (χ0v) is 32.2. The maximum absolute atomic E-state index is 12.8. The largest absolute Gasteiger partial charge is 0.465 e. The van der Waals surface area contributed by atoms with E-state index >= 15 is 0 Å². The van der Waals surface area contributed by atoms with E-state index in [-0.39, 0.29) is 74.7 Å². The zero-order chi connectivity index (χ0) is 38.5. The lowest BCUT2D eigenvalue weighted by Gasteiger charge is -2.31. The fourth-order valence-electron chi connectivity index (χ4n) is 11.9. The number of hydrogen-bond donors (Lipinski definition) is 0. The molecule has 12 heteroatoms. The fourth-order valence-corrected chi connectivity index (χ4v) is 11.9. The third-order valence-corrected chi connectivity index (χ3v) is 14.3. The summed E-state index contributed by atoms with van der Waals surface area (Å²) in [6, 6.07) is 0. The molecule has 0 N–H and O–H groups in total. The van der Waals surface area contributed by atoms with Gasteiger partial charge in [0.05, 0.1) is 39.3 Å². The topological polar surface area (TPSA) is 146 Å². The highest BCUT2D eigenvalue weighted by molar-refractivity contribution is 5.81. The summed E-state index contributed by atoms with van der Waals surface area (Å²) in [7, 11) is 0. The van der Waals surface area contributed by atoms with E-state index in [4.69, 9.17) is 18.9 Å². The molecule has 6 fully saturated rings. The van der Waals surface area contributed by atoms with Crippen LogP contribution in [0, 0.1) is 71.0 Å². The van der Waals surface area contributed by atoms with Crippen molar-refractivity contribution in [2.45, 2.75) is 78.1 Å². The van der Waals surface area contributed by atoms with Crippen molar-refractivity contribution in [3.8, 4) is 0 Å². The number of nitrogens with zero attached hydrogens (tertiary/aromatic N) is 2. The Bertz CT molecular complexity index is 1340. The van der Waals surface area contributed by atoms with Crippen molar-refractivity contribution in [3.05, 3.63) is 25.3 Å². The first-order valence-electron chi connectivity index (χ1n) is 20.3. The molecular formula is C42H60N2O10. The van der Waals surface area contributed by atoms with Gasteiger partial charge in [-0.2, -0.15) is 0 Å². The molecule has 6 rings (SSSR count). The number of amides is 2. The van der Waals surface area contributed by atoms with Crippen LogP contribution in [0.4, 0.5) is 0 Å². The highest BCUT2D eigenvalue weighted by atomic mass is 16.5. The van der Waals surface area contributed by atoms with Crippen LogP contribution in [-0.2, 0) is 47.7 Å². The molecule has 0 radical (unpaired) electrons. The third kappa shape index (κ3) is 9.39. The third-order valence-electron chi connectivity index (χ3n) is 14.3. The van der Waals surface area contributed by atoms with Crippen LogP contribution in [0.1, 0.15) is 78.1 Å². The van der Waals surface area contributed by atoms with Crippen molar-refractivity contribution in [2.75, 3.05) is 52.6 Å². The molecule has 6 saturated carbocycles. The minimum Gasteiger partial charge on any atom is -0.465 e. The van der Waals surface area contributed by atoms with E-state index in [9.17, 15) is 28.8 Å². The maximum Gasteiger partial charge on any atom is 0.330 e. The lowest BCUT2D eigenvalue weighted by Crippen LogP contribution is -2.41. The summed E-state index contributed by atoms with van der Waals surface area (Å²) in [5.74, 6) is 4.54. The van der Waals surface area contributed by atoms with Crippen LogP contribution >= 0.6 is 0 Å². The van der Waals surface area contributed by atoms with Crippen LogP contribution in [0.15, 0.2) is 25.3 Å². The van der Waals surface area contributed by atoms with Gasteiger partial charge in [-0.05, 0) is 122 Å². The molecule has 0 aromatic carbocycles. The molecule has 2 amide bonds. The summed E-state index contributed by atoms with van der Waals surface area (Å²) in [5.41, 5.74) is 0. The predicted molar refractivity (Wildman–Crippen MR) is 197 cm³/mol. The summed E-state index contributed by atoms with van der Waals surface area (Å²) in [5, 5.41) is 0. The van der Waals surface area contributed by atoms with E-state index in [0.29, 0.717) is 97.4 Å². The van der Waals surface area contributed by atoms with Gasteiger partial charge in [0.25, 0.3) is 0 Å². The van der Waals surface area contributed by atoms with Gasteiger partial charge in [0, 0.05) is 52.2 Å². The van der Waals surface area contributed by atoms with E-state index < -0.39 is 0 Å². The molecule has 6 aliphatic rings. The molecular weight excluding hydrogens is 692 g/mol. The smallest absolute Gasteiger partial charge is 0.330 e. The molecule has 0 aromatic heterocycles. The molecule has 0 spiro atoms. The second-order valence-corrected chi connectivity index (χ2v) is 17.2. The minimum atomic E-state index is -0.372. The Hall–Kier alpha value is -3.70. The number of carbonyl (C=O) groups is 6. The second-order valence-electron chi connectivity index (χ2n) is 17.2. The van der Waals surface area contributed by atoms with Gasteiger partial charge in [0.1, 0.15) is 0 Å². The highest BCUT2D eigenvalue weighted by Gasteiger charge is 2.57. The van der Waals surface area contributed by atoms with Gasteiger partial charge in [0.15, 0.2) is 0 Å². The monoisotopic (exact) mass is 752 g/mol. The molecule has 4 bridgehead atoms. The number of esters is 4. The Morgan fingerprint density at radius 1 is 0.500 bits per heavy atom. The Kier molecular flexibility index (Phi) is 13.2. The van der Waals surface area contributed by atoms with Crippen LogP contribution in [0.3, 0.4) is 0 Å². The fraction of sp³-hybridized carbons (Fsp3) is 0.762. The van der Waals surface area contributed by atoms with E-state index in [0.717, 1.165) is 38.5 Å². The van der Waals surface area contributed by atoms with E-state index in [1.54, 1.807) is 9.80 Å². The van der Waals surface area contributed by atoms with Gasteiger partial charge < -0.3 is 28.7 Å². The summed E-state index contributed by atoms with van der Waals surface area (Å²) in [6.07, 6.45) is 11.3. The Labute approximate surface area is 319 Å². The van der Waals surface area contributed by atoms with Crippen molar-refractivity contribution in [2.24, 2.45) is 71.0 Å². The first-order valence-corrected chi connectivity index (χ1v) is 20.3. The predicted octanol–water partition coefficient (Wildman–Crippen LogP) is 4.61. The molecule has 0 heterocycles. The number of carbonyl (C=O) groups excluding carboxylic acids is 6. The lowest BCUT2D eigenvalue weighted by atomic mass is 9.76. The Morgan fingerprint density at radius 3 is 1.26 bits per heavy atom. The SMILES string of the molecule is C=CC(=O)OCC1CC2C3CC(COC(=O)CCN(CCN(CCC(=O)OCC4CC5CC4C4CC(COC(=O)C=C)CC54)C(C)=O)C(C)=O)C(C3)C2C1. The Morgan fingerprint density at radius 2 is 0.889 bits per heavy atom. The molecule has 12 atom stereocenters. The van der Waals surface area contributed by atoms with E-state index in [1.165, 1.54) is 38.8 Å². The number of hydrogen-bond acceptors (Lipinski definition) is 10. The van der Waals surface area contributed by atoms with E-state index in [1.807, 2.05) is 0 Å². The number of ether oxygens (including phenoxy) is 4. The van der Waals surface area contributed by atoms with Crippen molar-refractivity contribution < 1.29 is 47.7 Å². The van der Waals surface area contributed by atoms with Crippen molar-refractivity contribution in [1.29, 1.82) is 0 Å². The van der Waals surface area contributed by atoms with Crippen LogP contribution in [0.25, 0.3) is 0 Å². The maximum atomic E-state index is 12.8. The first-order chi connectivity index (χ1) is 25.9. The van der Waals surface area contributed by atoms with Crippen LogP contribution in [-0.4, -0.2) is 98.1 Å². The normalized spacial score (nSPS) is 33.7. The average molecular weight is 753 g/mol. The summed E-state index contributed by atoms with van der Waals surface area (Å²) in [6.45, 7) is 12.4. The highest BCUT2D eigenvalue weighted by Crippen LogP contribution is 2.63. The van der Waals surface area contributed by atoms with Crippen LogP contribution in [0.2, 0.25) is 0 Å². The van der Waals surface area contributed by atoms with Gasteiger partial charge in [-0.1, -0.05) is 13.2 Å². The Balaban J connectivity index is 0.861. The van der Waals surface area contributed by atoms with E-state index in [2.05, 4.69) is 13.2 Å². The molecule has 12 nitrogen and oxygen atoms in total. The van der Waals surface area contributed by atoms with Gasteiger partial charge in [-0.25, -0.2) is 9.59 Å².